The molecule has 2 aromatic rings. The molecule has 108 valence electrons. The predicted molar refractivity (Wildman–Crippen MR) is 83.6 cm³/mol. The molecule has 0 aliphatic rings. The Morgan fingerprint density at radius 2 is 1.76 bits per heavy atom. The molecule has 0 spiro atoms. The van der Waals surface area contributed by atoms with Crippen LogP contribution in [0.4, 0.5) is 5.69 Å². The number of alkyl halides is 1. The van der Waals surface area contributed by atoms with Gasteiger partial charge in [0.25, 0.3) is 0 Å². The summed E-state index contributed by atoms with van der Waals surface area (Å²) < 4.78 is 0. The quantitative estimate of drug-likeness (QED) is 0.847. The van der Waals surface area contributed by atoms with Crippen LogP contribution in [0.15, 0.2) is 48.5 Å². The molecule has 0 saturated carbocycles. The summed E-state index contributed by atoms with van der Waals surface area (Å²) in [5.74, 6) is -1.01. The van der Waals surface area contributed by atoms with Crippen LogP contribution in [0.25, 0.3) is 0 Å². The molecule has 0 aliphatic heterocycles. The maximum atomic E-state index is 12.1. The van der Waals surface area contributed by atoms with Crippen molar-refractivity contribution in [3.05, 3.63) is 64.7 Å². The first kappa shape index (κ1) is 15.4. The molecule has 0 heterocycles. The van der Waals surface area contributed by atoms with Crippen molar-refractivity contribution in [2.75, 3.05) is 5.32 Å². The molecular weight excluding hydrogens is 311 g/mol. The van der Waals surface area contributed by atoms with Gasteiger partial charge in [-0.3, -0.25) is 9.59 Å². The highest BCUT2D eigenvalue weighted by Crippen LogP contribution is 2.24. The zero-order valence-corrected chi connectivity index (χ0v) is 12.4. The maximum Gasteiger partial charge on any atom is 0.250 e. The van der Waals surface area contributed by atoms with Crippen LogP contribution in [0.5, 0.6) is 0 Å². The van der Waals surface area contributed by atoms with Crippen molar-refractivity contribution in [2.45, 2.75) is 5.38 Å². The van der Waals surface area contributed by atoms with Gasteiger partial charge in [0.05, 0.1) is 10.6 Å². The minimum atomic E-state index is -0.819. The van der Waals surface area contributed by atoms with Crippen LogP contribution in [0.3, 0.4) is 0 Å². The number of benzene rings is 2. The van der Waals surface area contributed by atoms with Gasteiger partial charge in [-0.25, -0.2) is 0 Å². The number of anilines is 1. The van der Waals surface area contributed by atoms with Crippen LogP contribution < -0.4 is 11.1 Å². The molecule has 4 nitrogen and oxygen atoms in total. The molecule has 2 rings (SSSR count). The topological polar surface area (TPSA) is 72.2 Å². The Kier molecular flexibility index (Phi) is 4.83. The first-order chi connectivity index (χ1) is 9.99. The van der Waals surface area contributed by atoms with E-state index < -0.39 is 11.3 Å². The number of hydrogen-bond acceptors (Lipinski definition) is 2. The molecule has 6 heteroatoms. The number of carbonyl (C=O) groups excluding carboxylic acids is 2. The van der Waals surface area contributed by atoms with Crippen LogP contribution >= 0.6 is 23.2 Å². The molecule has 0 aliphatic carbocycles. The average Bonchev–Trinajstić information content (AvgIpc) is 2.47. The van der Waals surface area contributed by atoms with Crippen molar-refractivity contribution < 1.29 is 9.59 Å². The Morgan fingerprint density at radius 3 is 2.33 bits per heavy atom. The largest absolute Gasteiger partial charge is 0.366 e. The van der Waals surface area contributed by atoms with Gasteiger partial charge in [-0.05, 0) is 23.8 Å². The summed E-state index contributed by atoms with van der Waals surface area (Å²) in [5.41, 5.74) is 6.49. The van der Waals surface area contributed by atoms with Crippen LogP contribution in [-0.2, 0) is 4.79 Å². The van der Waals surface area contributed by atoms with E-state index in [0.717, 1.165) is 0 Å². The van der Waals surface area contributed by atoms with E-state index in [1.165, 1.54) is 12.1 Å². The van der Waals surface area contributed by atoms with Gasteiger partial charge in [0.15, 0.2) is 0 Å². The summed E-state index contributed by atoms with van der Waals surface area (Å²) >= 11 is 12.0. The van der Waals surface area contributed by atoms with E-state index in [4.69, 9.17) is 28.9 Å². The highest BCUT2D eigenvalue weighted by atomic mass is 35.5. The molecule has 3 N–H and O–H groups in total. The fourth-order valence-electron chi connectivity index (χ4n) is 1.77. The third kappa shape index (κ3) is 3.74. The van der Waals surface area contributed by atoms with Crippen LogP contribution in [0.1, 0.15) is 21.3 Å². The minimum absolute atomic E-state index is 0.172. The molecule has 21 heavy (non-hydrogen) atoms. The minimum Gasteiger partial charge on any atom is -0.366 e. The Bertz CT molecular complexity index is 675. The third-order valence-electron chi connectivity index (χ3n) is 2.82. The number of carbonyl (C=O) groups is 2. The highest BCUT2D eigenvalue weighted by molar-refractivity contribution is 6.34. The second-order valence-electron chi connectivity index (χ2n) is 4.32. The second-order valence-corrected chi connectivity index (χ2v) is 5.17. The lowest BCUT2D eigenvalue weighted by Crippen LogP contribution is -2.17. The van der Waals surface area contributed by atoms with Crippen molar-refractivity contribution in [3.8, 4) is 0 Å². The molecular formula is C15H12Cl2N2O2. The van der Waals surface area contributed by atoms with E-state index in [1.54, 1.807) is 30.3 Å². The van der Waals surface area contributed by atoms with E-state index in [0.29, 0.717) is 11.3 Å². The summed E-state index contributed by atoms with van der Waals surface area (Å²) in [4.78, 5) is 23.1. The zero-order valence-electron chi connectivity index (χ0n) is 10.8. The summed E-state index contributed by atoms with van der Waals surface area (Å²) in [6.07, 6.45) is 0. The van der Waals surface area contributed by atoms with Crippen LogP contribution in [-0.4, -0.2) is 11.8 Å². The van der Waals surface area contributed by atoms with Gasteiger partial charge in [0, 0.05) is 5.69 Å². The number of primary amides is 1. The van der Waals surface area contributed by atoms with E-state index >= 15 is 0 Å². The predicted octanol–water partition coefficient (Wildman–Crippen LogP) is 3.36. The smallest absolute Gasteiger partial charge is 0.250 e. The van der Waals surface area contributed by atoms with Crippen molar-refractivity contribution >= 4 is 40.7 Å². The Balaban J connectivity index is 2.13. The molecule has 2 aromatic carbocycles. The zero-order chi connectivity index (χ0) is 15.4. The molecule has 1 atom stereocenters. The number of hydrogen-bond donors (Lipinski definition) is 2. The Labute approximate surface area is 131 Å². The van der Waals surface area contributed by atoms with E-state index in [1.807, 2.05) is 6.07 Å². The SMILES string of the molecule is NC(=O)c1ccc(NC(=O)C(Cl)c2ccccc2)cc1Cl. The third-order valence-corrected chi connectivity index (χ3v) is 3.59. The molecule has 0 bridgehead atoms. The molecule has 1 unspecified atom stereocenters. The average molecular weight is 323 g/mol. The molecule has 0 radical (unpaired) electrons. The fraction of sp³-hybridized carbons (Fsp3) is 0.0667. The lowest BCUT2D eigenvalue weighted by Gasteiger charge is -2.11. The summed E-state index contributed by atoms with van der Waals surface area (Å²) in [5, 5.41) is 1.99. The number of nitrogens with one attached hydrogen (secondary N) is 1. The van der Waals surface area contributed by atoms with Gasteiger partial charge in [0.2, 0.25) is 11.8 Å². The van der Waals surface area contributed by atoms with Gasteiger partial charge >= 0.3 is 0 Å². The molecule has 2 amide bonds. The highest BCUT2D eigenvalue weighted by Gasteiger charge is 2.18. The van der Waals surface area contributed by atoms with Crippen LogP contribution in [0, 0.1) is 0 Å². The van der Waals surface area contributed by atoms with Crippen molar-refractivity contribution in [3.63, 3.8) is 0 Å². The first-order valence-corrected chi connectivity index (χ1v) is 6.89. The number of halogens is 2. The Hall–Kier alpha value is -2.04. The maximum absolute atomic E-state index is 12.1. The van der Waals surface area contributed by atoms with E-state index in [9.17, 15) is 9.59 Å². The lowest BCUT2D eigenvalue weighted by molar-refractivity contribution is -0.116. The standard InChI is InChI=1S/C15H12Cl2N2O2/c16-12-8-10(6-7-11(12)14(18)20)19-15(21)13(17)9-4-2-1-3-5-9/h1-8,13H,(H2,18,20)(H,19,21). The first-order valence-electron chi connectivity index (χ1n) is 6.08. The lowest BCUT2D eigenvalue weighted by atomic mass is 10.1. The van der Waals surface area contributed by atoms with Gasteiger partial charge in [0.1, 0.15) is 5.38 Å². The number of amides is 2. The summed E-state index contributed by atoms with van der Waals surface area (Å²) in [7, 11) is 0. The monoisotopic (exact) mass is 322 g/mol. The fourth-order valence-corrected chi connectivity index (χ4v) is 2.25. The van der Waals surface area contributed by atoms with Gasteiger partial charge < -0.3 is 11.1 Å². The number of nitrogens with two attached hydrogens (primary N) is 1. The van der Waals surface area contributed by atoms with Gasteiger partial charge in [-0.15, -0.1) is 11.6 Å². The van der Waals surface area contributed by atoms with Crippen molar-refractivity contribution in [1.82, 2.24) is 0 Å². The summed E-state index contributed by atoms with van der Waals surface area (Å²) in [6, 6.07) is 13.4. The van der Waals surface area contributed by atoms with Gasteiger partial charge in [-0.2, -0.15) is 0 Å². The number of rotatable bonds is 4. The second kappa shape index (κ2) is 6.61. The normalized spacial score (nSPS) is 11.7. The molecule has 0 aromatic heterocycles. The molecule has 0 fully saturated rings. The van der Waals surface area contributed by atoms with Crippen molar-refractivity contribution in [1.29, 1.82) is 0 Å². The van der Waals surface area contributed by atoms with E-state index in [2.05, 4.69) is 5.32 Å². The Morgan fingerprint density at radius 1 is 1.10 bits per heavy atom. The van der Waals surface area contributed by atoms with Crippen LogP contribution in [0.2, 0.25) is 5.02 Å². The van der Waals surface area contributed by atoms with Gasteiger partial charge in [-0.1, -0.05) is 41.9 Å². The summed E-state index contributed by atoms with van der Waals surface area (Å²) in [6.45, 7) is 0. The molecule has 0 saturated heterocycles. The van der Waals surface area contributed by atoms with E-state index in [-0.39, 0.29) is 16.5 Å². The van der Waals surface area contributed by atoms with Crippen molar-refractivity contribution in [2.24, 2.45) is 5.73 Å².